The predicted molar refractivity (Wildman–Crippen MR) is 76.9 cm³/mol. The summed E-state index contributed by atoms with van der Waals surface area (Å²) in [5, 5.41) is 17.3. The lowest BCUT2D eigenvalue weighted by Gasteiger charge is -2.22. The highest BCUT2D eigenvalue weighted by Crippen LogP contribution is 2.34. The fourth-order valence-electron chi connectivity index (χ4n) is 3.11. The Morgan fingerprint density at radius 1 is 1.25 bits per heavy atom. The molecule has 0 saturated heterocycles. The van der Waals surface area contributed by atoms with Crippen LogP contribution in [0.5, 0.6) is 0 Å². The molecule has 0 radical (unpaired) electrons. The molecule has 1 N–H and O–H groups in total. The maximum atomic E-state index is 11.3. The summed E-state index contributed by atoms with van der Waals surface area (Å²) >= 11 is 0. The lowest BCUT2D eigenvalue weighted by atomic mass is 9.86. The van der Waals surface area contributed by atoms with Gasteiger partial charge in [-0.1, -0.05) is 50.7 Å². The van der Waals surface area contributed by atoms with Gasteiger partial charge in [-0.05, 0) is 19.3 Å². The first-order valence-electron chi connectivity index (χ1n) is 7.90. The van der Waals surface area contributed by atoms with Crippen molar-refractivity contribution in [2.24, 2.45) is 0 Å². The minimum Gasteiger partial charge on any atom is -0.476 e. The zero-order chi connectivity index (χ0) is 14.4. The number of carbonyl (C=O) groups is 1. The first-order valence-corrected chi connectivity index (χ1v) is 7.90. The Labute approximate surface area is 120 Å². The number of hydrogen-bond acceptors (Lipinski definition) is 3. The summed E-state index contributed by atoms with van der Waals surface area (Å²) < 4.78 is 1.86. The molecule has 1 saturated carbocycles. The Bertz CT molecular complexity index is 436. The van der Waals surface area contributed by atoms with E-state index >= 15 is 0 Å². The van der Waals surface area contributed by atoms with Gasteiger partial charge in [-0.2, -0.15) is 0 Å². The quantitative estimate of drug-likeness (QED) is 0.774. The van der Waals surface area contributed by atoms with Crippen molar-refractivity contribution in [3.63, 3.8) is 0 Å². The maximum Gasteiger partial charge on any atom is 0.358 e. The van der Waals surface area contributed by atoms with Gasteiger partial charge in [-0.25, -0.2) is 9.48 Å². The van der Waals surface area contributed by atoms with E-state index in [0.717, 1.165) is 31.5 Å². The zero-order valence-corrected chi connectivity index (χ0v) is 12.3. The third kappa shape index (κ3) is 3.58. The van der Waals surface area contributed by atoms with Crippen LogP contribution in [0.1, 0.15) is 86.8 Å². The fraction of sp³-hybridized carbons (Fsp3) is 0.800. The fourth-order valence-corrected chi connectivity index (χ4v) is 3.11. The van der Waals surface area contributed by atoms with Gasteiger partial charge in [0.2, 0.25) is 0 Å². The molecule has 1 aromatic heterocycles. The maximum absolute atomic E-state index is 11.3. The number of hydrogen-bond donors (Lipinski definition) is 1. The third-order valence-electron chi connectivity index (χ3n) is 4.19. The van der Waals surface area contributed by atoms with Crippen LogP contribution in [0.25, 0.3) is 0 Å². The number of rotatable bonds is 7. The summed E-state index contributed by atoms with van der Waals surface area (Å²) in [6, 6.07) is 0. The Kier molecular flexibility index (Phi) is 5.56. The van der Waals surface area contributed by atoms with Crippen LogP contribution in [0.2, 0.25) is 0 Å². The molecule has 1 fully saturated rings. The first-order chi connectivity index (χ1) is 9.74. The molecule has 20 heavy (non-hydrogen) atoms. The summed E-state index contributed by atoms with van der Waals surface area (Å²) in [7, 11) is 0. The molecule has 0 bridgehead atoms. The molecule has 0 spiro atoms. The van der Waals surface area contributed by atoms with Gasteiger partial charge in [0.25, 0.3) is 0 Å². The molecule has 0 unspecified atom stereocenters. The Balaban J connectivity index is 2.11. The second kappa shape index (κ2) is 7.41. The molecule has 0 aliphatic heterocycles. The van der Waals surface area contributed by atoms with Crippen LogP contribution >= 0.6 is 0 Å². The van der Waals surface area contributed by atoms with E-state index in [1.54, 1.807) is 0 Å². The van der Waals surface area contributed by atoms with Crippen LogP contribution in [0.3, 0.4) is 0 Å². The van der Waals surface area contributed by atoms with E-state index in [0.29, 0.717) is 5.92 Å². The van der Waals surface area contributed by atoms with Gasteiger partial charge < -0.3 is 5.11 Å². The lowest BCUT2D eigenvalue weighted by Crippen LogP contribution is -2.15. The van der Waals surface area contributed by atoms with Gasteiger partial charge in [0.15, 0.2) is 5.69 Å². The highest BCUT2D eigenvalue weighted by molar-refractivity contribution is 5.86. The normalized spacial score (nSPS) is 16.4. The van der Waals surface area contributed by atoms with Crippen LogP contribution in [0.15, 0.2) is 0 Å². The molecule has 0 atom stereocenters. The zero-order valence-electron chi connectivity index (χ0n) is 12.3. The van der Waals surface area contributed by atoms with E-state index in [1.165, 1.54) is 38.5 Å². The van der Waals surface area contributed by atoms with Gasteiger partial charge in [0.05, 0.1) is 5.69 Å². The smallest absolute Gasteiger partial charge is 0.358 e. The van der Waals surface area contributed by atoms with E-state index in [4.69, 9.17) is 0 Å². The summed E-state index contributed by atoms with van der Waals surface area (Å²) in [5.74, 6) is -0.610. The number of aromatic carboxylic acids is 1. The molecule has 1 aliphatic carbocycles. The Morgan fingerprint density at radius 3 is 2.65 bits per heavy atom. The minimum absolute atomic E-state index is 0.174. The number of unbranched alkanes of at least 4 members (excludes halogenated alkanes) is 3. The molecule has 5 heteroatoms. The molecular weight excluding hydrogens is 254 g/mol. The number of aryl methyl sites for hydroxylation is 1. The molecule has 1 aliphatic rings. The van der Waals surface area contributed by atoms with Gasteiger partial charge in [0.1, 0.15) is 0 Å². The largest absolute Gasteiger partial charge is 0.476 e. The second-order valence-corrected chi connectivity index (χ2v) is 5.75. The van der Waals surface area contributed by atoms with E-state index in [2.05, 4.69) is 17.2 Å². The molecule has 0 aromatic carbocycles. The summed E-state index contributed by atoms with van der Waals surface area (Å²) in [5.41, 5.74) is 1.04. The molecule has 1 heterocycles. The van der Waals surface area contributed by atoms with E-state index < -0.39 is 5.97 Å². The van der Waals surface area contributed by atoms with Crippen LogP contribution in [0.4, 0.5) is 0 Å². The topological polar surface area (TPSA) is 68.0 Å². The monoisotopic (exact) mass is 279 g/mol. The van der Waals surface area contributed by atoms with Gasteiger partial charge in [-0.3, -0.25) is 0 Å². The van der Waals surface area contributed by atoms with Crippen molar-refractivity contribution < 1.29 is 9.90 Å². The van der Waals surface area contributed by atoms with Crippen LogP contribution in [0, 0.1) is 0 Å². The van der Waals surface area contributed by atoms with Crippen molar-refractivity contribution in [2.75, 3.05) is 0 Å². The third-order valence-corrected chi connectivity index (χ3v) is 4.19. The minimum atomic E-state index is -0.939. The van der Waals surface area contributed by atoms with Crippen molar-refractivity contribution >= 4 is 5.97 Å². The van der Waals surface area contributed by atoms with Gasteiger partial charge >= 0.3 is 5.97 Å². The average Bonchev–Trinajstić information content (AvgIpc) is 2.88. The van der Waals surface area contributed by atoms with Crippen molar-refractivity contribution in [3.8, 4) is 0 Å². The summed E-state index contributed by atoms with van der Waals surface area (Å²) in [6.45, 7) is 2.98. The SMILES string of the molecule is CCCCCCn1nnc(C(=O)O)c1C1CCCCC1. The second-order valence-electron chi connectivity index (χ2n) is 5.75. The van der Waals surface area contributed by atoms with E-state index in [9.17, 15) is 9.90 Å². The predicted octanol–water partition coefficient (Wildman–Crippen LogP) is 3.60. The lowest BCUT2D eigenvalue weighted by molar-refractivity contribution is 0.0688. The van der Waals surface area contributed by atoms with E-state index in [-0.39, 0.29) is 5.69 Å². The number of aromatic nitrogens is 3. The van der Waals surface area contributed by atoms with Crippen molar-refractivity contribution in [2.45, 2.75) is 77.2 Å². The summed E-state index contributed by atoms with van der Waals surface area (Å²) in [4.78, 5) is 11.3. The van der Waals surface area contributed by atoms with Crippen LogP contribution < -0.4 is 0 Å². The van der Waals surface area contributed by atoms with Crippen molar-refractivity contribution in [3.05, 3.63) is 11.4 Å². The average molecular weight is 279 g/mol. The van der Waals surface area contributed by atoms with Gasteiger partial charge in [-0.15, -0.1) is 5.10 Å². The van der Waals surface area contributed by atoms with Crippen LogP contribution in [-0.4, -0.2) is 26.1 Å². The molecule has 5 nitrogen and oxygen atoms in total. The molecule has 1 aromatic rings. The molecule has 0 amide bonds. The Morgan fingerprint density at radius 2 is 2.00 bits per heavy atom. The number of nitrogens with zero attached hydrogens (tertiary/aromatic N) is 3. The molecule has 2 rings (SSSR count). The standard InChI is InChI=1S/C15H25N3O2/c1-2-3-4-8-11-18-14(12-9-6-5-7-10-12)13(15(19)20)16-17-18/h12H,2-11H2,1H3,(H,19,20). The summed E-state index contributed by atoms with van der Waals surface area (Å²) in [6.07, 6.45) is 10.4. The van der Waals surface area contributed by atoms with Crippen molar-refractivity contribution in [1.29, 1.82) is 0 Å². The number of carboxylic acids is 1. The van der Waals surface area contributed by atoms with Gasteiger partial charge in [0, 0.05) is 12.5 Å². The molecular formula is C15H25N3O2. The highest BCUT2D eigenvalue weighted by Gasteiger charge is 2.27. The Hall–Kier alpha value is -1.39. The highest BCUT2D eigenvalue weighted by atomic mass is 16.4. The number of carboxylic acid groups (broad SMARTS) is 1. The van der Waals surface area contributed by atoms with E-state index in [1.807, 2.05) is 4.68 Å². The first kappa shape index (κ1) is 15.0. The molecule has 112 valence electrons. The van der Waals surface area contributed by atoms with Crippen LogP contribution in [-0.2, 0) is 6.54 Å². The van der Waals surface area contributed by atoms with Crippen molar-refractivity contribution in [1.82, 2.24) is 15.0 Å².